The molecule has 1 aromatic heterocycles. The van der Waals surface area contributed by atoms with Gasteiger partial charge in [-0.05, 0) is 32.8 Å². The number of hydrogen-bond donors (Lipinski definition) is 2. The Labute approximate surface area is 145 Å². The third-order valence-electron chi connectivity index (χ3n) is 3.66. The summed E-state index contributed by atoms with van der Waals surface area (Å²) in [5.41, 5.74) is 1.28. The zero-order chi connectivity index (χ0) is 17.7. The van der Waals surface area contributed by atoms with Gasteiger partial charge in [0, 0.05) is 18.4 Å². The number of aromatic nitrogens is 1. The van der Waals surface area contributed by atoms with Crippen LogP contribution in [0.5, 0.6) is 0 Å². The van der Waals surface area contributed by atoms with Crippen LogP contribution in [0.4, 0.5) is 0 Å². The molecule has 0 unspecified atom stereocenters. The number of nitrogens with one attached hydrogen (secondary N) is 1. The lowest BCUT2D eigenvalue weighted by atomic mass is 9.98. The summed E-state index contributed by atoms with van der Waals surface area (Å²) in [6.07, 6.45) is 1.10. The lowest BCUT2D eigenvalue weighted by molar-refractivity contribution is -0.137. The summed E-state index contributed by atoms with van der Waals surface area (Å²) in [6.45, 7) is 5.48. The van der Waals surface area contributed by atoms with Crippen molar-refractivity contribution >= 4 is 23.2 Å². The minimum absolute atomic E-state index is 0.0220. The first kappa shape index (κ1) is 18.1. The third-order valence-corrected chi connectivity index (χ3v) is 4.82. The summed E-state index contributed by atoms with van der Waals surface area (Å²) < 4.78 is 0. The molecule has 1 amide bonds. The maximum Gasteiger partial charge on any atom is 0.303 e. The lowest BCUT2D eigenvalue weighted by Crippen LogP contribution is -2.43. The Hall–Kier alpha value is -2.21. The second-order valence-corrected chi connectivity index (χ2v) is 7.50. The predicted octanol–water partition coefficient (Wildman–Crippen LogP) is 3.42. The van der Waals surface area contributed by atoms with Crippen molar-refractivity contribution in [1.29, 1.82) is 0 Å². The first-order chi connectivity index (χ1) is 11.3. The molecule has 0 saturated carbocycles. The second-order valence-electron chi connectivity index (χ2n) is 6.42. The number of carboxylic acid groups (broad SMARTS) is 1. The van der Waals surface area contributed by atoms with E-state index in [1.54, 1.807) is 0 Å². The first-order valence-electron chi connectivity index (χ1n) is 7.81. The Bertz CT molecular complexity index is 723. The van der Waals surface area contributed by atoms with E-state index in [0.717, 1.165) is 10.6 Å². The highest BCUT2D eigenvalue weighted by Crippen LogP contribution is 2.22. The number of aliphatic carboxylic acids is 1. The van der Waals surface area contributed by atoms with E-state index in [0.29, 0.717) is 23.4 Å². The fourth-order valence-electron chi connectivity index (χ4n) is 2.36. The van der Waals surface area contributed by atoms with E-state index in [2.05, 4.69) is 10.3 Å². The fourth-order valence-corrected chi connectivity index (χ4v) is 3.35. The molecule has 0 aliphatic rings. The van der Waals surface area contributed by atoms with Crippen LogP contribution in [-0.4, -0.2) is 27.5 Å². The van der Waals surface area contributed by atoms with Crippen molar-refractivity contribution in [2.75, 3.05) is 0 Å². The molecule has 6 heteroatoms. The first-order valence-corrected chi connectivity index (χ1v) is 8.63. The predicted molar refractivity (Wildman–Crippen MR) is 94.5 cm³/mol. The van der Waals surface area contributed by atoms with Gasteiger partial charge < -0.3 is 10.4 Å². The molecule has 1 aromatic carbocycles. The number of nitrogens with zero attached hydrogens (tertiary/aromatic N) is 1. The van der Waals surface area contributed by atoms with Gasteiger partial charge >= 0.3 is 5.97 Å². The summed E-state index contributed by atoms with van der Waals surface area (Å²) in [4.78, 5) is 28.3. The standard InChI is InChI=1S/C18H22N2O3S/c1-12-16(17(23)20-18(2,3)10-9-15(21)22)24-14(19-12)11-13-7-5-4-6-8-13/h4-8H,9-11H2,1-3H3,(H,20,23)(H,21,22). The number of hydrogen-bond acceptors (Lipinski definition) is 4. The molecule has 2 rings (SSSR count). The summed E-state index contributed by atoms with van der Waals surface area (Å²) >= 11 is 1.39. The van der Waals surface area contributed by atoms with Crippen LogP contribution >= 0.6 is 11.3 Å². The Kier molecular flexibility index (Phi) is 5.72. The van der Waals surface area contributed by atoms with Gasteiger partial charge in [0.05, 0.1) is 10.7 Å². The van der Waals surface area contributed by atoms with E-state index >= 15 is 0 Å². The highest BCUT2D eigenvalue weighted by atomic mass is 32.1. The molecular weight excluding hydrogens is 324 g/mol. The minimum Gasteiger partial charge on any atom is -0.481 e. The molecule has 24 heavy (non-hydrogen) atoms. The maximum absolute atomic E-state index is 12.5. The molecule has 0 atom stereocenters. The second kappa shape index (κ2) is 7.57. The molecule has 2 aromatic rings. The summed E-state index contributed by atoms with van der Waals surface area (Å²) in [5.74, 6) is -1.06. The topological polar surface area (TPSA) is 79.3 Å². The van der Waals surface area contributed by atoms with Crippen LogP contribution < -0.4 is 5.32 Å². The number of benzene rings is 1. The molecule has 0 saturated heterocycles. The third kappa shape index (κ3) is 5.16. The molecular formula is C18H22N2O3S. The Morgan fingerprint density at radius 2 is 1.92 bits per heavy atom. The highest BCUT2D eigenvalue weighted by molar-refractivity contribution is 7.13. The van der Waals surface area contributed by atoms with Gasteiger partial charge in [-0.15, -0.1) is 11.3 Å². The van der Waals surface area contributed by atoms with Gasteiger partial charge in [0.2, 0.25) is 0 Å². The fraction of sp³-hybridized carbons (Fsp3) is 0.389. The molecule has 1 heterocycles. The number of carboxylic acids is 1. The van der Waals surface area contributed by atoms with E-state index in [-0.39, 0.29) is 12.3 Å². The maximum atomic E-state index is 12.5. The normalized spacial score (nSPS) is 11.3. The molecule has 0 spiro atoms. The van der Waals surface area contributed by atoms with E-state index < -0.39 is 11.5 Å². The average Bonchev–Trinajstić information content (AvgIpc) is 2.87. The van der Waals surface area contributed by atoms with Gasteiger partial charge in [-0.2, -0.15) is 0 Å². The van der Waals surface area contributed by atoms with Gasteiger partial charge in [0.25, 0.3) is 5.91 Å². The zero-order valence-corrected chi connectivity index (χ0v) is 14.9. The number of thiazole rings is 1. The van der Waals surface area contributed by atoms with Crippen LogP contribution in [-0.2, 0) is 11.2 Å². The molecule has 0 aliphatic carbocycles. The van der Waals surface area contributed by atoms with Crippen molar-refractivity contribution in [2.45, 2.75) is 45.6 Å². The van der Waals surface area contributed by atoms with Crippen LogP contribution in [0.1, 0.15) is 52.6 Å². The molecule has 0 radical (unpaired) electrons. The van der Waals surface area contributed by atoms with Crippen molar-refractivity contribution in [1.82, 2.24) is 10.3 Å². The van der Waals surface area contributed by atoms with Crippen LogP contribution in [0.15, 0.2) is 30.3 Å². The quantitative estimate of drug-likeness (QED) is 0.805. The summed E-state index contributed by atoms with van der Waals surface area (Å²) in [7, 11) is 0. The molecule has 0 aliphatic heterocycles. The van der Waals surface area contributed by atoms with Crippen LogP contribution in [0.2, 0.25) is 0 Å². The van der Waals surface area contributed by atoms with Crippen molar-refractivity contribution in [3.05, 3.63) is 51.5 Å². The number of carbonyl (C=O) groups excluding carboxylic acids is 1. The SMILES string of the molecule is Cc1nc(Cc2ccccc2)sc1C(=O)NC(C)(C)CCC(=O)O. The Balaban J connectivity index is 2.06. The largest absolute Gasteiger partial charge is 0.481 e. The van der Waals surface area contributed by atoms with Crippen LogP contribution in [0, 0.1) is 6.92 Å². The van der Waals surface area contributed by atoms with E-state index in [1.807, 2.05) is 51.1 Å². The van der Waals surface area contributed by atoms with Gasteiger partial charge in [-0.1, -0.05) is 30.3 Å². The van der Waals surface area contributed by atoms with E-state index in [1.165, 1.54) is 11.3 Å². The molecule has 2 N–H and O–H groups in total. The molecule has 0 bridgehead atoms. The minimum atomic E-state index is -0.864. The summed E-state index contributed by atoms with van der Waals surface area (Å²) in [5, 5.41) is 12.6. The molecule has 0 fully saturated rings. The highest BCUT2D eigenvalue weighted by Gasteiger charge is 2.24. The zero-order valence-electron chi connectivity index (χ0n) is 14.1. The monoisotopic (exact) mass is 346 g/mol. The van der Waals surface area contributed by atoms with E-state index in [9.17, 15) is 9.59 Å². The van der Waals surface area contributed by atoms with E-state index in [4.69, 9.17) is 5.11 Å². The Morgan fingerprint density at radius 3 is 2.54 bits per heavy atom. The number of rotatable bonds is 7. The van der Waals surface area contributed by atoms with Crippen molar-refractivity contribution in [3.8, 4) is 0 Å². The van der Waals surface area contributed by atoms with Crippen molar-refractivity contribution < 1.29 is 14.7 Å². The molecule has 128 valence electrons. The van der Waals surface area contributed by atoms with Gasteiger partial charge in [0.15, 0.2) is 0 Å². The summed E-state index contributed by atoms with van der Waals surface area (Å²) in [6, 6.07) is 9.99. The average molecular weight is 346 g/mol. The van der Waals surface area contributed by atoms with Crippen molar-refractivity contribution in [3.63, 3.8) is 0 Å². The van der Waals surface area contributed by atoms with Crippen LogP contribution in [0.25, 0.3) is 0 Å². The number of aryl methyl sites for hydroxylation is 1. The number of carbonyl (C=O) groups is 2. The van der Waals surface area contributed by atoms with Gasteiger partial charge in [0.1, 0.15) is 4.88 Å². The smallest absolute Gasteiger partial charge is 0.303 e. The van der Waals surface area contributed by atoms with Gasteiger partial charge in [-0.25, -0.2) is 4.98 Å². The van der Waals surface area contributed by atoms with Gasteiger partial charge in [-0.3, -0.25) is 9.59 Å². The Morgan fingerprint density at radius 1 is 1.25 bits per heavy atom. The van der Waals surface area contributed by atoms with Crippen molar-refractivity contribution in [2.24, 2.45) is 0 Å². The van der Waals surface area contributed by atoms with Crippen LogP contribution in [0.3, 0.4) is 0 Å². The number of amides is 1. The molecule has 5 nitrogen and oxygen atoms in total. The lowest BCUT2D eigenvalue weighted by Gasteiger charge is -2.25.